The number of hydrogen-bond acceptors (Lipinski definition) is 6. The number of nitrogens with one attached hydrogen (secondary N) is 2. The number of alkyl halides is 2. The number of nitrogens with zero attached hydrogens (tertiary/aromatic N) is 5. The smallest absolute Gasteiger partial charge is 0.275 e. The zero-order chi connectivity index (χ0) is 19.4. The quantitative estimate of drug-likeness (QED) is 0.798. The first-order chi connectivity index (χ1) is 12.7. The van der Waals surface area contributed by atoms with Crippen molar-refractivity contribution in [1.82, 2.24) is 19.7 Å². The maximum atomic E-state index is 13.8. The number of nitriles is 1. The van der Waals surface area contributed by atoms with Gasteiger partial charge in [0.25, 0.3) is 5.92 Å². The minimum Gasteiger partial charge on any atom is -0.367 e. The van der Waals surface area contributed by atoms with Gasteiger partial charge in [0.2, 0.25) is 5.95 Å². The van der Waals surface area contributed by atoms with Crippen molar-refractivity contribution in [2.45, 2.75) is 58.0 Å². The fourth-order valence-corrected chi connectivity index (χ4v) is 3.09. The first-order valence-corrected chi connectivity index (χ1v) is 8.95. The van der Waals surface area contributed by atoms with Crippen LogP contribution >= 0.6 is 0 Å². The average Bonchev–Trinajstić information content (AvgIpc) is 3.50. The average molecular weight is 373 g/mol. The molecule has 4 rings (SSSR count). The highest BCUT2D eigenvalue weighted by Crippen LogP contribution is 2.55. The van der Waals surface area contributed by atoms with Crippen molar-refractivity contribution in [1.29, 1.82) is 5.26 Å². The van der Waals surface area contributed by atoms with Crippen LogP contribution in [0.25, 0.3) is 0 Å². The zero-order valence-electron chi connectivity index (χ0n) is 15.4. The molecule has 2 fully saturated rings. The van der Waals surface area contributed by atoms with Crippen LogP contribution in [0.4, 0.5) is 26.2 Å². The molecule has 0 bridgehead atoms. The van der Waals surface area contributed by atoms with Crippen LogP contribution in [-0.4, -0.2) is 25.8 Å². The number of anilines is 3. The van der Waals surface area contributed by atoms with Crippen molar-refractivity contribution in [3.63, 3.8) is 0 Å². The van der Waals surface area contributed by atoms with E-state index in [9.17, 15) is 14.0 Å². The lowest BCUT2D eigenvalue weighted by atomic mass is 10.2. The van der Waals surface area contributed by atoms with E-state index in [0.717, 1.165) is 38.1 Å². The molecule has 2 aromatic heterocycles. The Kier molecular flexibility index (Phi) is 3.84. The molecule has 0 aromatic carbocycles. The predicted octanol–water partition coefficient (Wildman–Crippen LogP) is 3.89. The lowest BCUT2D eigenvalue weighted by Crippen LogP contribution is -2.16. The summed E-state index contributed by atoms with van der Waals surface area (Å²) in [6.07, 6.45) is 5.47. The van der Waals surface area contributed by atoms with Gasteiger partial charge in [-0.2, -0.15) is 15.3 Å². The van der Waals surface area contributed by atoms with Crippen LogP contribution in [-0.2, 0) is 5.92 Å². The Balaban J connectivity index is 1.58. The first-order valence-electron chi connectivity index (χ1n) is 8.95. The van der Waals surface area contributed by atoms with Gasteiger partial charge in [-0.3, -0.25) is 4.68 Å². The Labute approximate surface area is 155 Å². The molecule has 142 valence electrons. The lowest BCUT2D eigenvalue weighted by Gasteiger charge is -2.16. The Bertz CT molecular complexity index is 923. The summed E-state index contributed by atoms with van der Waals surface area (Å²) in [6.45, 7) is 4.64. The van der Waals surface area contributed by atoms with Crippen LogP contribution in [0.5, 0.6) is 0 Å². The molecule has 0 unspecified atom stereocenters. The van der Waals surface area contributed by atoms with Gasteiger partial charge in [-0.15, -0.1) is 0 Å². The summed E-state index contributed by atoms with van der Waals surface area (Å²) in [5.74, 6) is -2.64. The fourth-order valence-electron chi connectivity index (χ4n) is 3.09. The third-order valence-electron chi connectivity index (χ3n) is 5.21. The largest absolute Gasteiger partial charge is 0.367 e. The molecule has 2 aliphatic carbocycles. The molecular formula is C18H21F2N7. The number of aromatic nitrogens is 4. The molecule has 0 spiro atoms. The van der Waals surface area contributed by atoms with Crippen molar-refractivity contribution in [2.75, 3.05) is 10.6 Å². The van der Waals surface area contributed by atoms with Crippen LogP contribution in [0.2, 0.25) is 0 Å². The maximum absolute atomic E-state index is 13.8. The van der Waals surface area contributed by atoms with Crippen LogP contribution in [0, 0.1) is 23.7 Å². The third kappa shape index (κ3) is 3.31. The van der Waals surface area contributed by atoms with Gasteiger partial charge in [0.05, 0.1) is 40.7 Å². The van der Waals surface area contributed by atoms with E-state index in [1.165, 1.54) is 0 Å². The molecule has 7 nitrogen and oxygen atoms in total. The van der Waals surface area contributed by atoms with Gasteiger partial charge in [0, 0.05) is 19.2 Å². The topological polar surface area (TPSA) is 91.4 Å². The van der Waals surface area contributed by atoms with Gasteiger partial charge in [-0.05, 0) is 33.1 Å². The van der Waals surface area contributed by atoms with Crippen LogP contribution in [0.1, 0.15) is 50.4 Å². The van der Waals surface area contributed by atoms with Crippen molar-refractivity contribution in [3.05, 3.63) is 23.7 Å². The van der Waals surface area contributed by atoms with Gasteiger partial charge >= 0.3 is 0 Å². The van der Waals surface area contributed by atoms with Gasteiger partial charge in [0.15, 0.2) is 0 Å². The van der Waals surface area contributed by atoms with E-state index in [4.69, 9.17) is 0 Å². The van der Waals surface area contributed by atoms with Crippen LogP contribution in [0.3, 0.4) is 0 Å². The van der Waals surface area contributed by atoms with E-state index >= 15 is 0 Å². The molecule has 2 atom stereocenters. The van der Waals surface area contributed by atoms with Crippen molar-refractivity contribution >= 4 is 17.5 Å². The molecule has 2 heterocycles. The van der Waals surface area contributed by atoms with E-state index < -0.39 is 5.92 Å². The summed E-state index contributed by atoms with van der Waals surface area (Å²) in [7, 11) is 0. The number of hydrogen-bond donors (Lipinski definition) is 2. The monoisotopic (exact) mass is 373 g/mol. The molecule has 0 amide bonds. The highest BCUT2D eigenvalue weighted by atomic mass is 19.3. The Morgan fingerprint density at radius 2 is 2.11 bits per heavy atom. The van der Waals surface area contributed by atoms with Gasteiger partial charge in [-0.25, -0.2) is 13.8 Å². The highest BCUT2D eigenvalue weighted by molar-refractivity contribution is 5.58. The Morgan fingerprint density at radius 3 is 2.70 bits per heavy atom. The normalized spacial score (nSPS) is 24.4. The van der Waals surface area contributed by atoms with E-state index in [1.807, 2.05) is 18.5 Å². The SMILES string of the molecule is Cc1c(Nc2ncc(C(C)(F)F)c(NC3CC3)n2)cnn1[C@H]1C[C@@]1(C)C#N. The van der Waals surface area contributed by atoms with E-state index in [-0.39, 0.29) is 34.8 Å². The summed E-state index contributed by atoms with van der Waals surface area (Å²) >= 11 is 0. The second kappa shape index (κ2) is 5.87. The summed E-state index contributed by atoms with van der Waals surface area (Å²) in [4.78, 5) is 8.32. The molecular weight excluding hydrogens is 352 g/mol. The molecule has 2 aliphatic rings. The predicted molar refractivity (Wildman–Crippen MR) is 95.9 cm³/mol. The summed E-state index contributed by atoms with van der Waals surface area (Å²) in [6, 6.07) is 2.56. The molecule has 0 radical (unpaired) electrons. The second-order valence-corrected chi connectivity index (χ2v) is 7.73. The number of halogens is 2. The Morgan fingerprint density at radius 1 is 1.37 bits per heavy atom. The van der Waals surface area contributed by atoms with Crippen LogP contribution < -0.4 is 10.6 Å². The van der Waals surface area contributed by atoms with Crippen molar-refractivity contribution in [3.8, 4) is 6.07 Å². The summed E-state index contributed by atoms with van der Waals surface area (Å²) in [5, 5.41) is 19.7. The molecule has 0 saturated heterocycles. The molecule has 0 aliphatic heterocycles. The molecule has 9 heteroatoms. The fraction of sp³-hybridized carbons (Fsp3) is 0.556. The standard InChI is InChI=1S/C18H21F2N7/c1-10-13(8-23-27(10)14-6-17(14,2)9-21)25-16-22-7-12(18(3,19)20)15(26-16)24-11-4-5-11/h7-8,11,14H,4-6H2,1-3H3,(H2,22,24,25,26)/t14-,17-/m0/s1. The maximum Gasteiger partial charge on any atom is 0.275 e. The minimum absolute atomic E-state index is 0.0484. The summed E-state index contributed by atoms with van der Waals surface area (Å²) < 4.78 is 29.5. The Hall–Kier alpha value is -2.76. The first kappa shape index (κ1) is 17.6. The van der Waals surface area contributed by atoms with Gasteiger partial charge in [-0.1, -0.05) is 0 Å². The minimum atomic E-state index is -3.02. The molecule has 2 aromatic rings. The zero-order valence-corrected chi connectivity index (χ0v) is 15.4. The van der Waals surface area contributed by atoms with Gasteiger partial charge < -0.3 is 10.6 Å². The molecule has 2 saturated carbocycles. The van der Waals surface area contributed by atoms with Crippen molar-refractivity contribution in [2.24, 2.45) is 5.41 Å². The summed E-state index contributed by atoms with van der Waals surface area (Å²) in [5.41, 5.74) is 0.940. The van der Waals surface area contributed by atoms with Crippen molar-refractivity contribution < 1.29 is 8.78 Å². The third-order valence-corrected chi connectivity index (χ3v) is 5.21. The van der Waals surface area contributed by atoms with E-state index in [2.05, 4.69) is 31.8 Å². The lowest BCUT2D eigenvalue weighted by molar-refractivity contribution is 0.0176. The van der Waals surface area contributed by atoms with Gasteiger partial charge in [0.1, 0.15) is 5.82 Å². The molecule has 2 N–H and O–H groups in total. The highest BCUT2D eigenvalue weighted by Gasteiger charge is 2.53. The van der Waals surface area contributed by atoms with E-state index in [0.29, 0.717) is 5.69 Å². The van der Waals surface area contributed by atoms with Crippen LogP contribution in [0.15, 0.2) is 12.4 Å². The molecule has 27 heavy (non-hydrogen) atoms. The number of rotatable bonds is 6. The van der Waals surface area contributed by atoms with E-state index in [1.54, 1.807) is 6.20 Å². The second-order valence-electron chi connectivity index (χ2n) is 7.73.